The summed E-state index contributed by atoms with van der Waals surface area (Å²) in [5.74, 6) is -2.85. The first-order valence-corrected chi connectivity index (χ1v) is 4.36. The molecule has 0 aliphatic heterocycles. The van der Waals surface area contributed by atoms with Crippen molar-refractivity contribution in [2.24, 2.45) is 5.73 Å². The molecule has 0 spiro atoms. The van der Waals surface area contributed by atoms with Crippen LogP contribution in [0, 0.1) is 5.82 Å². The van der Waals surface area contributed by atoms with E-state index in [1.807, 2.05) is 5.32 Å². The van der Waals surface area contributed by atoms with Gasteiger partial charge in [-0.2, -0.15) is 0 Å². The first-order chi connectivity index (χ1) is 6.50. The Hall–Kier alpha value is -1.43. The van der Waals surface area contributed by atoms with Gasteiger partial charge in [0.25, 0.3) is 0 Å². The molecule has 3 N–H and O–H groups in total. The zero-order chi connectivity index (χ0) is 10.7. The van der Waals surface area contributed by atoms with Crippen LogP contribution in [0.15, 0.2) is 22.7 Å². The van der Waals surface area contributed by atoms with E-state index in [1.165, 1.54) is 12.1 Å². The van der Waals surface area contributed by atoms with Crippen molar-refractivity contribution in [1.82, 2.24) is 0 Å². The number of benzene rings is 1. The molecule has 0 aliphatic carbocycles. The first-order valence-electron chi connectivity index (χ1n) is 3.56. The van der Waals surface area contributed by atoms with E-state index >= 15 is 0 Å². The minimum Gasteiger partial charge on any atom is -0.361 e. The summed E-state index contributed by atoms with van der Waals surface area (Å²) in [5, 5.41) is 2.03. The Bertz CT molecular complexity index is 395. The smallest absolute Gasteiger partial charge is 0.313 e. The van der Waals surface area contributed by atoms with Crippen LogP contribution in [0.1, 0.15) is 0 Å². The highest BCUT2D eigenvalue weighted by molar-refractivity contribution is 9.10. The normalized spacial score (nSPS) is 9.57. The van der Waals surface area contributed by atoms with Crippen LogP contribution in [-0.4, -0.2) is 11.8 Å². The van der Waals surface area contributed by atoms with Crippen molar-refractivity contribution in [3.63, 3.8) is 0 Å². The van der Waals surface area contributed by atoms with E-state index in [0.29, 0.717) is 4.47 Å². The highest BCUT2D eigenvalue weighted by Gasteiger charge is 2.11. The average Bonchev–Trinajstić information content (AvgIpc) is 2.11. The third kappa shape index (κ3) is 2.53. The molecule has 0 aliphatic rings. The van der Waals surface area contributed by atoms with Gasteiger partial charge in [-0.05, 0) is 18.2 Å². The Morgan fingerprint density at radius 3 is 2.64 bits per heavy atom. The van der Waals surface area contributed by atoms with Crippen LogP contribution in [0.25, 0.3) is 0 Å². The van der Waals surface area contributed by atoms with Gasteiger partial charge in [0.05, 0.1) is 5.69 Å². The van der Waals surface area contributed by atoms with Gasteiger partial charge in [0, 0.05) is 4.47 Å². The number of rotatable bonds is 1. The van der Waals surface area contributed by atoms with Crippen molar-refractivity contribution in [1.29, 1.82) is 0 Å². The molecular formula is C8H6BrFN2O2. The van der Waals surface area contributed by atoms with Gasteiger partial charge in [-0.1, -0.05) is 15.9 Å². The van der Waals surface area contributed by atoms with Crippen molar-refractivity contribution < 1.29 is 14.0 Å². The molecule has 14 heavy (non-hydrogen) atoms. The second-order valence-electron chi connectivity index (χ2n) is 2.44. The predicted molar refractivity (Wildman–Crippen MR) is 51.9 cm³/mol. The predicted octanol–water partition coefficient (Wildman–Crippen LogP) is 1.01. The quantitative estimate of drug-likeness (QED) is 0.740. The molecule has 74 valence electrons. The van der Waals surface area contributed by atoms with Crippen molar-refractivity contribution in [3.8, 4) is 0 Å². The van der Waals surface area contributed by atoms with Crippen molar-refractivity contribution in [3.05, 3.63) is 28.5 Å². The molecular weight excluding hydrogens is 255 g/mol. The molecule has 1 aromatic rings. The van der Waals surface area contributed by atoms with E-state index in [2.05, 4.69) is 21.7 Å². The molecule has 4 nitrogen and oxygen atoms in total. The fourth-order valence-electron chi connectivity index (χ4n) is 0.777. The third-order valence-corrected chi connectivity index (χ3v) is 1.89. The lowest BCUT2D eigenvalue weighted by Crippen LogP contribution is -2.29. The molecule has 0 radical (unpaired) electrons. The summed E-state index contributed by atoms with van der Waals surface area (Å²) in [6, 6.07) is 3.95. The van der Waals surface area contributed by atoms with E-state index in [4.69, 9.17) is 0 Å². The number of hydrogen-bond acceptors (Lipinski definition) is 2. The number of nitrogens with two attached hydrogens (primary N) is 1. The van der Waals surface area contributed by atoms with Crippen LogP contribution >= 0.6 is 15.9 Å². The zero-order valence-corrected chi connectivity index (χ0v) is 8.47. The molecule has 0 saturated carbocycles. The second-order valence-corrected chi connectivity index (χ2v) is 3.36. The Morgan fingerprint density at radius 2 is 2.07 bits per heavy atom. The Morgan fingerprint density at radius 1 is 1.43 bits per heavy atom. The summed E-state index contributed by atoms with van der Waals surface area (Å²) in [4.78, 5) is 21.2. The monoisotopic (exact) mass is 260 g/mol. The van der Waals surface area contributed by atoms with Crippen molar-refractivity contribution >= 4 is 33.4 Å². The van der Waals surface area contributed by atoms with E-state index in [9.17, 15) is 14.0 Å². The van der Waals surface area contributed by atoms with Gasteiger partial charge >= 0.3 is 11.8 Å². The molecule has 0 aromatic heterocycles. The number of halogens is 2. The molecule has 0 fully saturated rings. The van der Waals surface area contributed by atoms with Crippen molar-refractivity contribution in [2.45, 2.75) is 0 Å². The number of amides is 2. The summed E-state index contributed by atoms with van der Waals surface area (Å²) < 4.78 is 13.6. The fraction of sp³-hybridized carbons (Fsp3) is 0. The number of primary amides is 1. The molecule has 0 saturated heterocycles. The lowest BCUT2D eigenvalue weighted by molar-refractivity contribution is -0.134. The maximum Gasteiger partial charge on any atom is 0.313 e. The number of anilines is 1. The standard InChI is InChI=1S/C8H6BrFN2O2/c9-4-1-2-5(10)6(3-4)12-8(14)7(11)13/h1-3H,(H2,11,13)(H,12,14). The maximum absolute atomic E-state index is 13.0. The van der Waals surface area contributed by atoms with Gasteiger partial charge in [-0.25, -0.2) is 4.39 Å². The van der Waals surface area contributed by atoms with Gasteiger partial charge in [-0.3, -0.25) is 9.59 Å². The lowest BCUT2D eigenvalue weighted by Gasteiger charge is -2.03. The Kier molecular flexibility index (Phi) is 3.19. The maximum atomic E-state index is 13.0. The molecule has 0 atom stereocenters. The second kappa shape index (κ2) is 4.19. The fourth-order valence-corrected chi connectivity index (χ4v) is 1.14. The first kappa shape index (κ1) is 10.6. The summed E-state index contributed by atoms with van der Waals surface area (Å²) in [5.41, 5.74) is 4.59. The number of nitrogens with one attached hydrogen (secondary N) is 1. The van der Waals surface area contributed by atoms with Crippen LogP contribution in [-0.2, 0) is 9.59 Å². The minimum absolute atomic E-state index is 0.0943. The Balaban J connectivity index is 2.91. The summed E-state index contributed by atoms with van der Waals surface area (Å²) in [6.45, 7) is 0. The largest absolute Gasteiger partial charge is 0.361 e. The summed E-state index contributed by atoms with van der Waals surface area (Å²) in [6.07, 6.45) is 0. The number of hydrogen-bond donors (Lipinski definition) is 2. The molecule has 1 rings (SSSR count). The van der Waals surface area contributed by atoms with Gasteiger partial charge in [0.1, 0.15) is 5.82 Å². The summed E-state index contributed by atoms with van der Waals surface area (Å²) in [7, 11) is 0. The van der Waals surface area contributed by atoms with E-state index in [-0.39, 0.29) is 5.69 Å². The lowest BCUT2D eigenvalue weighted by atomic mass is 10.3. The van der Waals surface area contributed by atoms with Crippen LogP contribution in [0.3, 0.4) is 0 Å². The zero-order valence-electron chi connectivity index (χ0n) is 6.88. The van der Waals surface area contributed by atoms with E-state index in [1.54, 1.807) is 0 Å². The van der Waals surface area contributed by atoms with Crippen molar-refractivity contribution in [2.75, 3.05) is 5.32 Å². The molecule has 1 aromatic carbocycles. The molecule has 0 unspecified atom stereocenters. The number of carbonyl (C=O) groups is 2. The molecule has 0 heterocycles. The van der Waals surface area contributed by atoms with Crippen LogP contribution in [0.5, 0.6) is 0 Å². The number of carbonyl (C=O) groups excluding carboxylic acids is 2. The molecule has 2 amide bonds. The highest BCUT2D eigenvalue weighted by Crippen LogP contribution is 2.19. The summed E-state index contributed by atoms with van der Waals surface area (Å²) >= 11 is 3.09. The van der Waals surface area contributed by atoms with Gasteiger partial charge < -0.3 is 11.1 Å². The van der Waals surface area contributed by atoms with E-state index < -0.39 is 17.6 Å². The molecule has 0 bridgehead atoms. The minimum atomic E-state index is -1.16. The van der Waals surface area contributed by atoms with Gasteiger partial charge in [-0.15, -0.1) is 0 Å². The highest BCUT2D eigenvalue weighted by atomic mass is 79.9. The van der Waals surface area contributed by atoms with Gasteiger partial charge in [0.15, 0.2) is 0 Å². The van der Waals surface area contributed by atoms with Crippen LogP contribution in [0.4, 0.5) is 10.1 Å². The Labute approximate surface area is 87.4 Å². The SMILES string of the molecule is NC(=O)C(=O)Nc1cc(Br)ccc1F. The van der Waals surface area contributed by atoms with Crippen LogP contribution in [0.2, 0.25) is 0 Å². The average molecular weight is 261 g/mol. The van der Waals surface area contributed by atoms with Gasteiger partial charge in [0.2, 0.25) is 0 Å². The van der Waals surface area contributed by atoms with E-state index in [0.717, 1.165) is 6.07 Å². The van der Waals surface area contributed by atoms with Crippen LogP contribution < -0.4 is 11.1 Å². The topological polar surface area (TPSA) is 72.2 Å². The molecule has 6 heteroatoms. The third-order valence-electron chi connectivity index (χ3n) is 1.40.